The van der Waals surface area contributed by atoms with Crippen molar-refractivity contribution in [1.29, 1.82) is 0 Å². The highest BCUT2D eigenvalue weighted by molar-refractivity contribution is 6.14. The minimum absolute atomic E-state index is 0.201. The number of pyridine rings is 1. The van der Waals surface area contributed by atoms with Crippen LogP contribution >= 0.6 is 0 Å². The van der Waals surface area contributed by atoms with E-state index in [0.717, 1.165) is 16.5 Å². The molecule has 4 rings (SSSR count). The molecular weight excluding hydrogens is 342 g/mol. The van der Waals surface area contributed by atoms with E-state index in [1.165, 1.54) is 14.2 Å². The summed E-state index contributed by atoms with van der Waals surface area (Å²) in [5.74, 6) is -1.16. The Kier molecular flexibility index (Phi) is 4.12. The summed E-state index contributed by atoms with van der Waals surface area (Å²) < 4.78 is 11.9. The number of esters is 2. The maximum atomic E-state index is 12.7. The molecule has 0 aliphatic carbocycles. The van der Waals surface area contributed by atoms with Gasteiger partial charge in [-0.05, 0) is 23.1 Å². The number of hydrogen-bond acceptors (Lipinski definition) is 4. The number of carbonyl (C=O) groups is 2. The summed E-state index contributed by atoms with van der Waals surface area (Å²) in [7, 11) is 2.61. The van der Waals surface area contributed by atoms with E-state index < -0.39 is 11.9 Å². The Morgan fingerprint density at radius 1 is 0.704 bits per heavy atom. The van der Waals surface area contributed by atoms with E-state index in [0.29, 0.717) is 11.2 Å². The van der Waals surface area contributed by atoms with E-state index in [9.17, 15) is 9.59 Å². The largest absolute Gasteiger partial charge is 0.465 e. The molecule has 0 saturated heterocycles. The maximum Gasteiger partial charge on any atom is 0.340 e. The molecule has 0 fully saturated rings. The average Bonchev–Trinajstić information content (AvgIpc) is 3.09. The van der Waals surface area contributed by atoms with E-state index in [1.54, 1.807) is 0 Å². The summed E-state index contributed by atoms with van der Waals surface area (Å²) in [4.78, 5) is 25.3. The van der Waals surface area contributed by atoms with Gasteiger partial charge in [0.05, 0.1) is 30.9 Å². The molecular formula is C22H17NO4. The highest BCUT2D eigenvalue weighted by Crippen LogP contribution is 2.35. The number of carbonyl (C=O) groups excluding carboxylic acids is 2. The first-order chi connectivity index (χ1) is 13.2. The Bertz CT molecular complexity index is 1180. The molecule has 0 amide bonds. The zero-order valence-electron chi connectivity index (χ0n) is 14.9. The number of rotatable bonds is 3. The van der Waals surface area contributed by atoms with Gasteiger partial charge in [0.2, 0.25) is 0 Å². The molecule has 0 aliphatic rings. The first-order valence-electron chi connectivity index (χ1n) is 8.45. The van der Waals surface area contributed by atoms with Crippen LogP contribution in [0.25, 0.3) is 27.7 Å². The summed E-state index contributed by atoms with van der Waals surface area (Å²) in [6.07, 6.45) is 0. The molecule has 27 heavy (non-hydrogen) atoms. The third-order valence-corrected chi connectivity index (χ3v) is 4.63. The highest BCUT2D eigenvalue weighted by atomic mass is 16.5. The van der Waals surface area contributed by atoms with E-state index in [1.807, 2.05) is 71.1 Å². The van der Waals surface area contributed by atoms with Gasteiger partial charge < -0.3 is 13.9 Å². The van der Waals surface area contributed by atoms with Gasteiger partial charge in [0.25, 0.3) is 0 Å². The van der Waals surface area contributed by atoms with Crippen molar-refractivity contribution >= 4 is 28.4 Å². The standard InChI is InChI=1S/C22H17NO4/c1-26-21(24)18-17-13-12-14-8-6-7-11-16(14)23(17)20(19(18)22(25)27-2)15-9-4-3-5-10-15/h3-13H,1-2H3. The van der Waals surface area contributed by atoms with Crippen LogP contribution in [0.1, 0.15) is 20.7 Å². The van der Waals surface area contributed by atoms with Crippen molar-refractivity contribution in [3.05, 3.63) is 77.9 Å². The summed E-state index contributed by atoms with van der Waals surface area (Å²) in [5, 5.41) is 0.991. The van der Waals surface area contributed by atoms with Gasteiger partial charge in [-0.25, -0.2) is 9.59 Å². The van der Waals surface area contributed by atoms with Crippen molar-refractivity contribution in [2.24, 2.45) is 0 Å². The number of nitrogens with zero attached hydrogens (tertiary/aromatic N) is 1. The third kappa shape index (κ3) is 2.56. The second-order valence-electron chi connectivity index (χ2n) is 6.06. The molecule has 0 aliphatic heterocycles. The minimum atomic E-state index is -0.581. The first-order valence-corrected chi connectivity index (χ1v) is 8.45. The van der Waals surface area contributed by atoms with Crippen LogP contribution in [0, 0.1) is 0 Å². The molecule has 0 unspecified atom stereocenters. The molecule has 0 spiro atoms. The van der Waals surface area contributed by atoms with Crippen LogP contribution in [-0.4, -0.2) is 30.6 Å². The molecule has 5 heteroatoms. The molecule has 0 saturated carbocycles. The fourth-order valence-electron chi connectivity index (χ4n) is 3.48. The van der Waals surface area contributed by atoms with Crippen LogP contribution < -0.4 is 0 Å². The van der Waals surface area contributed by atoms with E-state index in [4.69, 9.17) is 9.47 Å². The van der Waals surface area contributed by atoms with Crippen LogP contribution in [0.15, 0.2) is 66.7 Å². The lowest BCUT2D eigenvalue weighted by atomic mass is 10.0. The van der Waals surface area contributed by atoms with E-state index >= 15 is 0 Å². The number of ether oxygens (including phenoxy) is 2. The molecule has 5 nitrogen and oxygen atoms in total. The fourth-order valence-corrected chi connectivity index (χ4v) is 3.48. The second-order valence-corrected chi connectivity index (χ2v) is 6.06. The highest BCUT2D eigenvalue weighted by Gasteiger charge is 2.30. The average molecular weight is 359 g/mol. The molecule has 0 bridgehead atoms. The van der Waals surface area contributed by atoms with Crippen molar-refractivity contribution in [2.75, 3.05) is 14.2 Å². The quantitative estimate of drug-likeness (QED) is 0.511. The lowest BCUT2D eigenvalue weighted by molar-refractivity contribution is 0.0558. The van der Waals surface area contributed by atoms with Crippen LogP contribution in [0.4, 0.5) is 0 Å². The topological polar surface area (TPSA) is 57.0 Å². The summed E-state index contributed by atoms with van der Waals surface area (Å²) in [5.41, 5.74) is 3.30. The summed E-state index contributed by atoms with van der Waals surface area (Å²) in [6, 6.07) is 21.0. The number of aromatic nitrogens is 1. The second kappa shape index (κ2) is 6.61. The van der Waals surface area contributed by atoms with Crippen molar-refractivity contribution < 1.29 is 19.1 Å². The number of para-hydroxylation sites is 1. The number of hydrogen-bond donors (Lipinski definition) is 0. The maximum absolute atomic E-state index is 12.7. The van der Waals surface area contributed by atoms with E-state index in [2.05, 4.69) is 0 Å². The number of benzene rings is 2. The zero-order chi connectivity index (χ0) is 19.0. The normalized spacial score (nSPS) is 10.9. The Morgan fingerprint density at radius 3 is 2.04 bits per heavy atom. The minimum Gasteiger partial charge on any atom is -0.465 e. The van der Waals surface area contributed by atoms with Crippen molar-refractivity contribution in [2.45, 2.75) is 0 Å². The smallest absolute Gasteiger partial charge is 0.340 e. The predicted octanol–water partition coefficient (Wildman–Crippen LogP) is 4.33. The van der Waals surface area contributed by atoms with Crippen LogP contribution in [0.2, 0.25) is 0 Å². The number of fused-ring (bicyclic) bond motifs is 3. The van der Waals surface area contributed by atoms with Crippen LogP contribution in [0.3, 0.4) is 0 Å². The molecule has 0 radical (unpaired) electrons. The summed E-state index contributed by atoms with van der Waals surface area (Å²) in [6.45, 7) is 0. The van der Waals surface area contributed by atoms with Gasteiger partial charge in [-0.2, -0.15) is 0 Å². The van der Waals surface area contributed by atoms with Gasteiger partial charge in [0.15, 0.2) is 0 Å². The first kappa shape index (κ1) is 16.8. The van der Waals surface area contributed by atoms with Crippen molar-refractivity contribution in [3.8, 4) is 11.3 Å². The SMILES string of the molecule is COC(=O)c1c(C(=O)OC)c2ccc3ccccc3n2c1-c1ccccc1. The lowest BCUT2D eigenvalue weighted by Crippen LogP contribution is -2.10. The molecule has 0 atom stereocenters. The van der Waals surface area contributed by atoms with Gasteiger partial charge in [-0.1, -0.05) is 54.6 Å². The van der Waals surface area contributed by atoms with Gasteiger partial charge in [0.1, 0.15) is 11.1 Å². The molecule has 2 aromatic heterocycles. The Hall–Kier alpha value is -3.60. The molecule has 2 aromatic carbocycles. The van der Waals surface area contributed by atoms with Gasteiger partial charge in [-0.3, -0.25) is 0 Å². The van der Waals surface area contributed by atoms with Gasteiger partial charge in [-0.15, -0.1) is 0 Å². The fraction of sp³-hybridized carbons (Fsp3) is 0.0909. The van der Waals surface area contributed by atoms with Crippen LogP contribution in [0.5, 0.6) is 0 Å². The monoisotopic (exact) mass is 359 g/mol. The Balaban J connectivity index is 2.28. The van der Waals surface area contributed by atoms with Crippen molar-refractivity contribution in [3.63, 3.8) is 0 Å². The molecule has 134 valence electrons. The van der Waals surface area contributed by atoms with E-state index in [-0.39, 0.29) is 11.1 Å². The summed E-state index contributed by atoms with van der Waals surface area (Å²) >= 11 is 0. The molecule has 0 N–H and O–H groups in total. The Labute approximate surface area is 155 Å². The molecule has 2 heterocycles. The lowest BCUT2D eigenvalue weighted by Gasteiger charge is -2.09. The van der Waals surface area contributed by atoms with Crippen LogP contribution in [-0.2, 0) is 9.47 Å². The molecule has 4 aromatic rings. The van der Waals surface area contributed by atoms with Gasteiger partial charge >= 0.3 is 11.9 Å². The third-order valence-electron chi connectivity index (χ3n) is 4.63. The van der Waals surface area contributed by atoms with Gasteiger partial charge in [0, 0.05) is 0 Å². The predicted molar refractivity (Wildman–Crippen MR) is 103 cm³/mol. The number of methoxy groups -OCH3 is 2. The van der Waals surface area contributed by atoms with Crippen molar-refractivity contribution in [1.82, 2.24) is 4.40 Å². The zero-order valence-corrected chi connectivity index (χ0v) is 14.9. The Morgan fingerprint density at radius 2 is 1.33 bits per heavy atom.